The van der Waals surface area contributed by atoms with E-state index in [9.17, 15) is 0 Å². The summed E-state index contributed by atoms with van der Waals surface area (Å²) < 4.78 is 0. The largest absolute Gasteiger partial charge is 0.300 e. The van der Waals surface area contributed by atoms with E-state index in [4.69, 9.17) is 11.6 Å². The van der Waals surface area contributed by atoms with Crippen LogP contribution in [0.1, 0.15) is 17.5 Å². The molecule has 1 aliphatic heterocycles. The molecule has 0 N–H and O–H groups in total. The standard InChI is InChI=1S/C24H27ClN2/c25-23-11-9-22(10-12-23)24(13-5-2-6-14-24)20-27-17-15-26(16-18-27)19-21-7-3-1-4-8-21/h1-13H,14-20H2. The molecule has 2 aromatic rings. The van der Waals surface area contributed by atoms with Crippen LogP contribution in [0.5, 0.6) is 0 Å². The van der Waals surface area contributed by atoms with Crippen molar-refractivity contribution in [3.63, 3.8) is 0 Å². The van der Waals surface area contributed by atoms with E-state index in [1.54, 1.807) is 0 Å². The molecule has 0 amide bonds. The van der Waals surface area contributed by atoms with Crippen molar-refractivity contribution >= 4 is 11.6 Å². The second-order valence-corrected chi connectivity index (χ2v) is 8.13. The molecule has 1 unspecified atom stereocenters. The molecular weight excluding hydrogens is 352 g/mol. The van der Waals surface area contributed by atoms with E-state index in [2.05, 4.69) is 76.6 Å². The number of piperazine rings is 1. The third-order valence-electron chi connectivity index (χ3n) is 5.78. The SMILES string of the molecule is Clc1ccc(C2(CN3CCN(Cc4ccccc4)CC3)C=CC=CC2)cc1. The van der Waals surface area contributed by atoms with Gasteiger partial charge < -0.3 is 0 Å². The molecule has 0 saturated carbocycles. The van der Waals surface area contributed by atoms with Crippen molar-refractivity contribution in [1.29, 1.82) is 0 Å². The van der Waals surface area contributed by atoms with Gasteiger partial charge in [0.05, 0.1) is 0 Å². The van der Waals surface area contributed by atoms with Gasteiger partial charge in [-0.15, -0.1) is 0 Å². The molecular formula is C24H27ClN2. The first-order valence-electron chi connectivity index (χ1n) is 9.83. The van der Waals surface area contributed by atoms with Crippen molar-refractivity contribution in [3.05, 3.63) is 95.1 Å². The monoisotopic (exact) mass is 378 g/mol. The lowest BCUT2D eigenvalue weighted by Crippen LogP contribution is -2.50. The van der Waals surface area contributed by atoms with E-state index >= 15 is 0 Å². The van der Waals surface area contributed by atoms with Crippen LogP contribution in [0.4, 0.5) is 0 Å². The highest BCUT2D eigenvalue weighted by Gasteiger charge is 2.32. The molecule has 0 bridgehead atoms. The minimum atomic E-state index is 0.0565. The Balaban J connectivity index is 1.40. The third kappa shape index (κ3) is 4.52. The highest BCUT2D eigenvalue weighted by atomic mass is 35.5. The zero-order valence-corrected chi connectivity index (χ0v) is 16.5. The zero-order chi connectivity index (χ0) is 18.5. The molecule has 2 nitrogen and oxygen atoms in total. The number of allylic oxidation sites excluding steroid dienone is 3. The zero-order valence-electron chi connectivity index (χ0n) is 15.7. The Kier molecular flexibility index (Phi) is 5.77. The summed E-state index contributed by atoms with van der Waals surface area (Å²) in [6, 6.07) is 19.2. The molecule has 1 saturated heterocycles. The van der Waals surface area contributed by atoms with Crippen LogP contribution in [-0.4, -0.2) is 42.5 Å². The van der Waals surface area contributed by atoms with E-state index in [-0.39, 0.29) is 5.41 Å². The molecule has 1 fully saturated rings. The van der Waals surface area contributed by atoms with Gasteiger partial charge in [0, 0.05) is 49.7 Å². The number of benzene rings is 2. The van der Waals surface area contributed by atoms with Crippen molar-refractivity contribution < 1.29 is 0 Å². The predicted octanol–water partition coefficient (Wildman–Crippen LogP) is 4.91. The lowest BCUT2D eigenvalue weighted by Gasteiger charge is -2.41. The van der Waals surface area contributed by atoms with Gasteiger partial charge >= 0.3 is 0 Å². The van der Waals surface area contributed by atoms with Crippen molar-refractivity contribution in [2.24, 2.45) is 0 Å². The second-order valence-electron chi connectivity index (χ2n) is 7.69. The Hall–Kier alpha value is -1.87. The Morgan fingerprint density at radius 2 is 1.52 bits per heavy atom. The Morgan fingerprint density at radius 1 is 0.815 bits per heavy atom. The smallest absolute Gasteiger partial charge is 0.0406 e. The number of hydrogen-bond donors (Lipinski definition) is 0. The summed E-state index contributed by atoms with van der Waals surface area (Å²) in [4.78, 5) is 5.19. The summed E-state index contributed by atoms with van der Waals surface area (Å²) in [5.41, 5.74) is 2.82. The molecule has 3 heteroatoms. The first-order valence-corrected chi connectivity index (χ1v) is 10.2. The van der Waals surface area contributed by atoms with E-state index in [0.717, 1.165) is 50.7 Å². The molecule has 4 rings (SSSR count). The number of rotatable bonds is 5. The maximum absolute atomic E-state index is 6.12. The fourth-order valence-electron chi connectivity index (χ4n) is 4.22. The normalized spacial score (nSPS) is 23.6. The first-order chi connectivity index (χ1) is 13.2. The minimum Gasteiger partial charge on any atom is -0.300 e. The quantitative estimate of drug-likeness (QED) is 0.729. The molecule has 1 atom stereocenters. The molecule has 140 valence electrons. The summed E-state index contributed by atoms with van der Waals surface area (Å²) in [7, 11) is 0. The highest BCUT2D eigenvalue weighted by molar-refractivity contribution is 6.30. The van der Waals surface area contributed by atoms with Gasteiger partial charge in [0.25, 0.3) is 0 Å². The molecule has 0 radical (unpaired) electrons. The van der Waals surface area contributed by atoms with Crippen LogP contribution in [0.2, 0.25) is 5.02 Å². The van der Waals surface area contributed by atoms with Crippen LogP contribution in [-0.2, 0) is 12.0 Å². The van der Waals surface area contributed by atoms with E-state index in [1.807, 2.05) is 12.1 Å². The number of nitrogens with zero attached hydrogens (tertiary/aromatic N) is 2. The topological polar surface area (TPSA) is 6.48 Å². The summed E-state index contributed by atoms with van der Waals surface area (Å²) in [6.45, 7) is 6.63. The number of hydrogen-bond acceptors (Lipinski definition) is 2. The molecule has 2 aromatic carbocycles. The van der Waals surface area contributed by atoms with Gasteiger partial charge in [-0.2, -0.15) is 0 Å². The van der Waals surface area contributed by atoms with Crippen molar-refractivity contribution in [2.45, 2.75) is 18.4 Å². The Morgan fingerprint density at radius 3 is 2.19 bits per heavy atom. The molecule has 0 aromatic heterocycles. The summed E-state index contributed by atoms with van der Waals surface area (Å²) in [5, 5.41) is 0.804. The number of halogens is 1. The minimum absolute atomic E-state index is 0.0565. The summed E-state index contributed by atoms with van der Waals surface area (Å²) in [6.07, 6.45) is 10.1. The van der Waals surface area contributed by atoms with Crippen LogP contribution < -0.4 is 0 Å². The van der Waals surface area contributed by atoms with Gasteiger partial charge in [-0.25, -0.2) is 0 Å². The maximum Gasteiger partial charge on any atom is 0.0406 e. The van der Waals surface area contributed by atoms with Crippen molar-refractivity contribution in [2.75, 3.05) is 32.7 Å². The lowest BCUT2D eigenvalue weighted by molar-refractivity contribution is 0.112. The Bertz CT molecular complexity index is 789. The molecule has 27 heavy (non-hydrogen) atoms. The maximum atomic E-state index is 6.12. The van der Waals surface area contributed by atoms with Crippen LogP contribution >= 0.6 is 11.6 Å². The van der Waals surface area contributed by atoms with Crippen molar-refractivity contribution in [3.8, 4) is 0 Å². The van der Waals surface area contributed by atoms with E-state index < -0.39 is 0 Å². The Labute approximate surface area is 167 Å². The van der Waals surface area contributed by atoms with E-state index in [0.29, 0.717) is 0 Å². The average molecular weight is 379 g/mol. The fourth-order valence-corrected chi connectivity index (χ4v) is 4.34. The van der Waals surface area contributed by atoms with Crippen LogP contribution in [0.25, 0.3) is 0 Å². The molecule has 1 heterocycles. The van der Waals surface area contributed by atoms with Gasteiger partial charge in [-0.3, -0.25) is 9.80 Å². The third-order valence-corrected chi connectivity index (χ3v) is 6.04. The van der Waals surface area contributed by atoms with Gasteiger partial charge in [-0.05, 0) is 29.7 Å². The van der Waals surface area contributed by atoms with Gasteiger partial charge in [0.15, 0.2) is 0 Å². The predicted molar refractivity (Wildman–Crippen MR) is 114 cm³/mol. The first kappa shape index (κ1) is 18.5. The van der Waals surface area contributed by atoms with Crippen LogP contribution in [0, 0.1) is 0 Å². The second kappa shape index (κ2) is 8.43. The highest BCUT2D eigenvalue weighted by Crippen LogP contribution is 2.34. The lowest BCUT2D eigenvalue weighted by atomic mass is 9.75. The van der Waals surface area contributed by atoms with Gasteiger partial charge in [-0.1, -0.05) is 78.4 Å². The van der Waals surface area contributed by atoms with Gasteiger partial charge in [0.2, 0.25) is 0 Å². The molecule has 2 aliphatic rings. The fraction of sp³-hybridized carbons (Fsp3) is 0.333. The van der Waals surface area contributed by atoms with Crippen molar-refractivity contribution in [1.82, 2.24) is 9.80 Å². The summed E-state index contributed by atoms with van der Waals surface area (Å²) >= 11 is 6.12. The summed E-state index contributed by atoms with van der Waals surface area (Å²) in [5.74, 6) is 0. The van der Waals surface area contributed by atoms with Crippen LogP contribution in [0.15, 0.2) is 78.9 Å². The molecule has 0 spiro atoms. The van der Waals surface area contributed by atoms with E-state index in [1.165, 1.54) is 11.1 Å². The van der Waals surface area contributed by atoms with Crippen LogP contribution in [0.3, 0.4) is 0 Å². The average Bonchev–Trinajstić information content (AvgIpc) is 2.71. The molecule has 1 aliphatic carbocycles. The van der Waals surface area contributed by atoms with Gasteiger partial charge in [0.1, 0.15) is 0 Å².